The SMILES string of the molecule is O=C(O)c1ccc(NC(=O)C2c3cccc(-c4cn[nH]c4)c3CCN2C(=O)c2cn(-c3cccc(Cl)c3F)nn2)cc1. The van der Waals surface area contributed by atoms with Gasteiger partial charge in [0.15, 0.2) is 11.5 Å². The first-order chi connectivity index (χ1) is 20.3. The number of anilines is 1. The van der Waals surface area contributed by atoms with Crippen LogP contribution in [0, 0.1) is 5.82 Å². The van der Waals surface area contributed by atoms with Crippen LogP contribution in [-0.2, 0) is 11.2 Å². The number of amides is 2. The van der Waals surface area contributed by atoms with Crippen LogP contribution in [-0.4, -0.2) is 59.5 Å². The maximum Gasteiger partial charge on any atom is 0.335 e. The number of hydrogen-bond acceptors (Lipinski definition) is 6. The summed E-state index contributed by atoms with van der Waals surface area (Å²) in [6.07, 6.45) is 5.16. The van der Waals surface area contributed by atoms with Crippen molar-refractivity contribution in [2.24, 2.45) is 0 Å². The summed E-state index contributed by atoms with van der Waals surface area (Å²) >= 11 is 5.91. The van der Waals surface area contributed by atoms with E-state index in [4.69, 9.17) is 11.6 Å². The summed E-state index contributed by atoms with van der Waals surface area (Å²) in [4.78, 5) is 40.3. The topological polar surface area (TPSA) is 146 Å². The fourth-order valence-electron chi connectivity index (χ4n) is 5.04. The first kappa shape index (κ1) is 26.8. The lowest BCUT2D eigenvalue weighted by molar-refractivity contribution is -0.121. The number of carbonyl (C=O) groups is 3. The Labute approximate surface area is 242 Å². The van der Waals surface area contributed by atoms with Gasteiger partial charge in [-0.1, -0.05) is 41.1 Å². The second kappa shape index (κ2) is 10.9. The Morgan fingerprint density at radius 2 is 1.86 bits per heavy atom. The molecule has 0 saturated carbocycles. The number of fused-ring (bicyclic) bond motifs is 1. The molecule has 210 valence electrons. The maximum absolute atomic E-state index is 14.6. The molecule has 3 aromatic carbocycles. The van der Waals surface area contributed by atoms with E-state index in [9.17, 15) is 23.9 Å². The summed E-state index contributed by atoms with van der Waals surface area (Å²) in [6.45, 7) is 0.176. The summed E-state index contributed by atoms with van der Waals surface area (Å²) in [5.74, 6) is -2.90. The second-order valence-electron chi connectivity index (χ2n) is 9.50. The molecule has 0 aliphatic carbocycles. The molecule has 42 heavy (non-hydrogen) atoms. The quantitative estimate of drug-likeness (QED) is 0.265. The van der Waals surface area contributed by atoms with E-state index in [1.807, 2.05) is 6.07 Å². The third kappa shape index (κ3) is 4.88. The van der Waals surface area contributed by atoms with Gasteiger partial charge in [0.05, 0.1) is 23.0 Å². The zero-order chi connectivity index (χ0) is 29.4. The first-order valence-electron chi connectivity index (χ1n) is 12.7. The molecular weight excluding hydrogens is 565 g/mol. The van der Waals surface area contributed by atoms with Crippen LogP contribution < -0.4 is 5.32 Å². The molecule has 2 aromatic heterocycles. The molecule has 0 bridgehead atoms. The lowest BCUT2D eigenvalue weighted by Gasteiger charge is -2.36. The van der Waals surface area contributed by atoms with E-state index in [2.05, 4.69) is 25.8 Å². The molecule has 6 rings (SSSR count). The van der Waals surface area contributed by atoms with Crippen molar-refractivity contribution in [3.8, 4) is 16.8 Å². The lowest BCUT2D eigenvalue weighted by Crippen LogP contribution is -2.45. The normalized spacial score (nSPS) is 14.3. The van der Waals surface area contributed by atoms with Crippen molar-refractivity contribution in [1.29, 1.82) is 0 Å². The van der Waals surface area contributed by atoms with Gasteiger partial charge in [0.1, 0.15) is 11.7 Å². The maximum atomic E-state index is 14.6. The van der Waals surface area contributed by atoms with Crippen LogP contribution in [0.2, 0.25) is 5.02 Å². The van der Waals surface area contributed by atoms with Crippen LogP contribution in [0.3, 0.4) is 0 Å². The summed E-state index contributed by atoms with van der Waals surface area (Å²) < 4.78 is 15.7. The minimum Gasteiger partial charge on any atom is -0.478 e. The number of hydrogen-bond donors (Lipinski definition) is 3. The van der Waals surface area contributed by atoms with Crippen LogP contribution in [0.1, 0.15) is 38.0 Å². The largest absolute Gasteiger partial charge is 0.478 e. The Balaban J connectivity index is 1.37. The molecule has 13 heteroatoms. The summed E-state index contributed by atoms with van der Waals surface area (Å²) in [5, 5.41) is 26.6. The molecule has 3 N–H and O–H groups in total. The van der Waals surface area contributed by atoms with Gasteiger partial charge in [0.25, 0.3) is 11.8 Å². The predicted octanol–water partition coefficient (Wildman–Crippen LogP) is 4.53. The van der Waals surface area contributed by atoms with Gasteiger partial charge in [0, 0.05) is 24.0 Å². The van der Waals surface area contributed by atoms with Gasteiger partial charge in [0.2, 0.25) is 0 Å². The minimum absolute atomic E-state index is 0.0156. The van der Waals surface area contributed by atoms with Gasteiger partial charge in [-0.2, -0.15) is 5.10 Å². The molecule has 2 amide bonds. The minimum atomic E-state index is -1.09. The number of H-pyrrole nitrogens is 1. The molecule has 5 aromatic rings. The molecule has 1 atom stereocenters. The highest BCUT2D eigenvalue weighted by Crippen LogP contribution is 2.37. The van der Waals surface area contributed by atoms with Gasteiger partial charge in [-0.25, -0.2) is 13.9 Å². The number of aromatic carboxylic acids is 1. The molecule has 0 fully saturated rings. The fourth-order valence-corrected chi connectivity index (χ4v) is 5.21. The van der Waals surface area contributed by atoms with Crippen molar-refractivity contribution in [2.75, 3.05) is 11.9 Å². The van der Waals surface area contributed by atoms with E-state index in [-0.39, 0.29) is 28.5 Å². The standard InChI is InChI=1S/C29H21ClFN7O4/c30-22-5-2-6-24(25(22)31)38-15-23(35-36-38)28(40)37-12-11-20-19(17-13-32-33-14-17)3-1-4-21(20)26(37)27(39)34-18-9-7-16(8-10-18)29(41)42/h1-10,13-15,26H,11-12H2,(H,32,33)(H,34,39)(H,41,42). The molecular formula is C29H21ClFN7O4. The molecule has 1 aliphatic heterocycles. The van der Waals surface area contributed by atoms with Crippen molar-refractivity contribution in [3.63, 3.8) is 0 Å². The van der Waals surface area contributed by atoms with Gasteiger partial charge in [-0.05, 0) is 59.5 Å². The van der Waals surface area contributed by atoms with Crippen molar-refractivity contribution in [3.05, 3.63) is 112 Å². The number of nitrogens with one attached hydrogen (secondary N) is 2. The highest BCUT2D eigenvalue weighted by Gasteiger charge is 2.38. The van der Waals surface area contributed by atoms with Crippen LogP contribution in [0.5, 0.6) is 0 Å². The van der Waals surface area contributed by atoms with Gasteiger partial charge < -0.3 is 15.3 Å². The molecule has 0 spiro atoms. The number of carboxylic acids is 1. The molecule has 0 radical (unpaired) electrons. The average Bonchev–Trinajstić information content (AvgIpc) is 3.71. The second-order valence-corrected chi connectivity index (χ2v) is 9.91. The highest BCUT2D eigenvalue weighted by molar-refractivity contribution is 6.30. The molecule has 1 unspecified atom stereocenters. The Morgan fingerprint density at radius 1 is 1.07 bits per heavy atom. The number of carbonyl (C=O) groups excluding carboxylic acids is 2. The van der Waals surface area contributed by atoms with Crippen molar-refractivity contribution in [2.45, 2.75) is 12.5 Å². The molecule has 1 aliphatic rings. The monoisotopic (exact) mass is 585 g/mol. The Morgan fingerprint density at radius 3 is 2.60 bits per heavy atom. The van der Waals surface area contributed by atoms with Gasteiger partial charge in [-0.3, -0.25) is 14.7 Å². The number of carboxylic acid groups (broad SMARTS) is 1. The van der Waals surface area contributed by atoms with E-state index >= 15 is 0 Å². The summed E-state index contributed by atoms with van der Waals surface area (Å²) in [6, 6.07) is 14.5. The summed E-state index contributed by atoms with van der Waals surface area (Å²) in [5.41, 5.74) is 3.56. The van der Waals surface area contributed by atoms with E-state index in [0.717, 1.165) is 21.4 Å². The predicted molar refractivity (Wildman–Crippen MR) is 150 cm³/mol. The molecule has 0 saturated heterocycles. The zero-order valence-corrected chi connectivity index (χ0v) is 22.4. The van der Waals surface area contributed by atoms with Gasteiger partial charge >= 0.3 is 5.97 Å². The number of aromatic nitrogens is 5. The van der Waals surface area contributed by atoms with E-state index in [1.54, 1.807) is 30.6 Å². The number of aromatic amines is 1. The van der Waals surface area contributed by atoms with Crippen molar-refractivity contribution >= 4 is 35.1 Å². The van der Waals surface area contributed by atoms with Crippen LogP contribution in [0.15, 0.2) is 79.3 Å². The molecule has 3 heterocycles. The lowest BCUT2D eigenvalue weighted by atomic mass is 9.86. The van der Waals surface area contributed by atoms with Crippen LogP contribution in [0.4, 0.5) is 10.1 Å². The third-order valence-corrected chi connectivity index (χ3v) is 7.32. The summed E-state index contributed by atoms with van der Waals surface area (Å²) in [7, 11) is 0. The zero-order valence-electron chi connectivity index (χ0n) is 21.7. The smallest absolute Gasteiger partial charge is 0.335 e. The highest BCUT2D eigenvalue weighted by atomic mass is 35.5. The Hall–Kier alpha value is -5.36. The third-order valence-electron chi connectivity index (χ3n) is 7.03. The van der Waals surface area contributed by atoms with E-state index in [1.165, 1.54) is 47.5 Å². The number of nitrogens with zero attached hydrogens (tertiary/aromatic N) is 5. The van der Waals surface area contributed by atoms with Crippen molar-refractivity contribution in [1.82, 2.24) is 30.1 Å². The number of benzene rings is 3. The number of rotatable bonds is 6. The molecule has 11 nitrogen and oxygen atoms in total. The van der Waals surface area contributed by atoms with Crippen LogP contribution >= 0.6 is 11.6 Å². The van der Waals surface area contributed by atoms with Crippen molar-refractivity contribution < 1.29 is 23.9 Å². The number of halogens is 2. The average molecular weight is 586 g/mol. The van der Waals surface area contributed by atoms with E-state index < -0.39 is 29.6 Å². The van der Waals surface area contributed by atoms with Crippen LogP contribution in [0.25, 0.3) is 16.8 Å². The Bertz CT molecular complexity index is 1820. The Kier molecular flexibility index (Phi) is 6.97. The van der Waals surface area contributed by atoms with Gasteiger partial charge in [-0.15, -0.1) is 5.10 Å². The first-order valence-corrected chi connectivity index (χ1v) is 13.1. The fraction of sp³-hybridized carbons (Fsp3) is 0.103. The van der Waals surface area contributed by atoms with E-state index in [0.29, 0.717) is 17.7 Å².